The van der Waals surface area contributed by atoms with Crippen LogP contribution in [0.4, 0.5) is 5.69 Å². The van der Waals surface area contributed by atoms with Gasteiger partial charge in [0.1, 0.15) is 11.5 Å². The summed E-state index contributed by atoms with van der Waals surface area (Å²) in [4.78, 5) is 26.8. The van der Waals surface area contributed by atoms with Gasteiger partial charge in [-0.05, 0) is 60.4 Å². The van der Waals surface area contributed by atoms with E-state index in [9.17, 15) is 9.59 Å². The number of anilines is 1. The molecular formula is C25H22N2O3. The molecule has 1 saturated heterocycles. The van der Waals surface area contributed by atoms with Gasteiger partial charge >= 0.3 is 0 Å². The van der Waals surface area contributed by atoms with E-state index in [0.717, 1.165) is 18.6 Å². The monoisotopic (exact) mass is 398 g/mol. The first-order valence-electron chi connectivity index (χ1n) is 10.2. The molecule has 1 unspecified atom stereocenters. The Morgan fingerprint density at radius 2 is 1.33 bits per heavy atom. The molecule has 1 fully saturated rings. The zero-order chi connectivity index (χ0) is 20.5. The van der Waals surface area contributed by atoms with Crippen LogP contribution in [0.2, 0.25) is 0 Å². The van der Waals surface area contributed by atoms with Crippen LogP contribution in [0.1, 0.15) is 17.5 Å². The van der Waals surface area contributed by atoms with Crippen LogP contribution in [0, 0.1) is 0 Å². The Labute approximate surface area is 175 Å². The van der Waals surface area contributed by atoms with Crippen molar-refractivity contribution in [1.82, 2.24) is 5.32 Å². The summed E-state index contributed by atoms with van der Waals surface area (Å²) in [5, 5.41) is 3.41. The lowest BCUT2D eigenvalue weighted by Gasteiger charge is -2.18. The number of fused-ring (bicyclic) bond motifs is 1. The predicted octanol–water partition coefficient (Wildman–Crippen LogP) is 3.87. The summed E-state index contributed by atoms with van der Waals surface area (Å²) in [6, 6.07) is 24.6. The number of para-hydroxylation sites is 1. The minimum atomic E-state index is -0.475. The molecule has 2 amide bonds. The number of hydrogen-bond donors (Lipinski definition) is 1. The second kappa shape index (κ2) is 7.76. The Balaban J connectivity index is 1.25. The molecule has 0 radical (unpaired) electrons. The van der Waals surface area contributed by atoms with Gasteiger partial charge in [-0.25, -0.2) is 4.90 Å². The lowest BCUT2D eigenvalue weighted by Crippen LogP contribution is -2.44. The maximum Gasteiger partial charge on any atom is 0.251 e. The number of carbonyl (C=O) groups is 2. The van der Waals surface area contributed by atoms with Crippen molar-refractivity contribution >= 4 is 17.5 Å². The van der Waals surface area contributed by atoms with Crippen molar-refractivity contribution < 1.29 is 14.3 Å². The number of imide groups is 1. The molecule has 0 saturated carbocycles. The van der Waals surface area contributed by atoms with Crippen molar-refractivity contribution in [2.24, 2.45) is 0 Å². The van der Waals surface area contributed by atoms with Crippen LogP contribution >= 0.6 is 0 Å². The molecule has 3 aromatic rings. The zero-order valence-corrected chi connectivity index (χ0v) is 16.5. The molecule has 150 valence electrons. The highest BCUT2D eigenvalue weighted by Crippen LogP contribution is 2.29. The van der Waals surface area contributed by atoms with Crippen molar-refractivity contribution in [3.63, 3.8) is 0 Å². The molecule has 0 spiro atoms. The first-order chi connectivity index (χ1) is 14.7. The number of amides is 2. The summed E-state index contributed by atoms with van der Waals surface area (Å²) in [6.45, 7) is 0. The first kappa shape index (κ1) is 18.6. The Kier molecular flexibility index (Phi) is 4.81. The molecule has 5 nitrogen and oxygen atoms in total. The van der Waals surface area contributed by atoms with Crippen molar-refractivity contribution in [2.45, 2.75) is 31.3 Å². The summed E-state index contributed by atoms with van der Waals surface area (Å²) in [5.74, 6) is 1.03. The molecule has 5 heteroatoms. The van der Waals surface area contributed by atoms with Crippen molar-refractivity contribution in [2.75, 3.05) is 4.90 Å². The van der Waals surface area contributed by atoms with Crippen LogP contribution in [0.15, 0.2) is 78.9 Å². The number of hydrogen-bond acceptors (Lipinski definition) is 4. The third kappa shape index (κ3) is 3.60. The first-order valence-corrected chi connectivity index (χ1v) is 10.2. The summed E-state index contributed by atoms with van der Waals surface area (Å²) in [5.41, 5.74) is 3.21. The topological polar surface area (TPSA) is 58.6 Å². The van der Waals surface area contributed by atoms with Crippen molar-refractivity contribution in [3.8, 4) is 11.5 Å². The molecule has 1 heterocycles. The van der Waals surface area contributed by atoms with Gasteiger partial charge in [0.05, 0.1) is 18.2 Å². The summed E-state index contributed by atoms with van der Waals surface area (Å²) >= 11 is 0. The van der Waals surface area contributed by atoms with E-state index in [0.29, 0.717) is 11.4 Å². The summed E-state index contributed by atoms with van der Waals surface area (Å²) in [6.07, 6.45) is 1.97. The van der Waals surface area contributed by atoms with E-state index in [2.05, 4.69) is 17.4 Å². The summed E-state index contributed by atoms with van der Waals surface area (Å²) in [7, 11) is 0. The molecule has 1 aliphatic heterocycles. The molecule has 0 aromatic heterocycles. The van der Waals surface area contributed by atoms with E-state index in [-0.39, 0.29) is 24.3 Å². The highest BCUT2D eigenvalue weighted by Gasteiger charge is 2.41. The normalized spacial score (nSPS) is 18.7. The molecule has 1 N–H and O–H groups in total. The van der Waals surface area contributed by atoms with E-state index >= 15 is 0 Å². The highest BCUT2D eigenvalue weighted by atomic mass is 16.5. The van der Waals surface area contributed by atoms with Crippen LogP contribution in [-0.2, 0) is 22.4 Å². The maximum atomic E-state index is 13.0. The number of benzene rings is 3. The third-order valence-electron chi connectivity index (χ3n) is 5.71. The average Bonchev–Trinajstić information content (AvgIpc) is 3.29. The standard InChI is InChI=1S/C25H22N2O3/c28-24-16-23(26-19-14-17-6-4-5-7-18(17)15-19)25(29)27(24)20-10-12-22(13-11-20)30-21-8-2-1-3-9-21/h1-13,19,23,26H,14-16H2. The second-order valence-electron chi connectivity index (χ2n) is 7.77. The van der Waals surface area contributed by atoms with Crippen LogP contribution in [-0.4, -0.2) is 23.9 Å². The van der Waals surface area contributed by atoms with Gasteiger partial charge in [0, 0.05) is 6.04 Å². The number of nitrogens with one attached hydrogen (secondary N) is 1. The Morgan fingerprint density at radius 3 is 2.00 bits per heavy atom. The molecule has 5 rings (SSSR count). The van der Waals surface area contributed by atoms with E-state index < -0.39 is 6.04 Å². The maximum absolute atomic E-state index is 13.0. The molecule has 30 heavy (non-hydrogen) atoms. The quantitative estimate of drug-likeness (QED) is 0.663. The van der Waals surface area contributed by atoms with Gasteiger partial charge in [-0.15, -0.1) is 0 Å². The van der Waals surface area contributed by atoms with Crippen LogP contribution in [0.3, 0.4) is 0 Å². The zero-order valence-electron chi connectivity index (χ0n) is 16.5. The Morgan fingerprint density at radius 1 is 0.733 bits per heavy atom. The Hall–Kier alpha value is -3.44. The van der Waals surface area contributed by atoms with Gasteiger partial charge < -0.3 is 10.1 Å². The van der Waals surface area contributed by atoms with Gasteiger partial charge in [0.25, 0.3) is 5.91 Å². The highest BCUT2D eigenvalue weighted by molar-refractivity contribution is 6.22. The molecule has 1 aliphatic carbocycles. The van der Waals surface area contributed by atoms with E-state index in [1.807, 2.05) is 42.5 Å². The second-order valence-corrected chi connectivity index (χ2v) is 7.77. The van der Waals surface area contributed by atoms with Gasteiger partial charge in [-0.1, -0.05) is 42.5 Å². The lowest BCUT2D eigenvalue weighted by molar-refractivity contribution is -0.121. The fraction of sp³-hybridized carbons (Fsp3) is 0.200. The van der Waals surface area contributed by atoms with Gasteiger partial charge in [-0.2, -0.15) is 0 Å². The van der Waals surface area contributed by atoms with Crippen LogP contribution in [0.25, 0.3) is 0 Å². The summed E-state index contributed by atoms with van der Waals surface area (Å²) < 4.78 is 5.79. The molecule has 1 atom stereocenters. The SMILES string of the molecule is O=C1CC(NC2Cc3ccccc3C2)C(=O)N1c1ccc(Oc2ccccc2)cc1. The molecule has 0 bridgehead atoms. The molecule has 3 aromatic carbocycles. The number of carbonyl (C=O) groups excluding carboxylic acids is 2. The minimum absolute atomic E-state index is 0.176. The van der Waals surface area contributed by atoms with Gasteiger partial charge in [-0.3, -0.25) is 9.59 Å². The molecular weight excluding hydrogens is 376 g/mol. The Bertz CT molecular complexity index is 1050. The minimum Gasteiger partial charge on any atom is -0.457 e. The van der Waals surface area contributed by atoms with Crippen molar-refractivity contribution in [1.29, 1.82) is 0 Å². The van der Waals surface area contributed by atoms with E-state index in [1.54, 1.807) is 24.3 Å². The lowest BCUT2D eigenvalue weighted by atomic mass is 10.1. The van der Waals surface area contributed by atoms with E-state index in [1.165, 1.54) is 16.0 Å². The smallest absolute Gasteiger partial charge is 0.251 e. The number of nitrogens with zero attached hydrogens (tertiary/aromatic N) is 1. The van der Waals surface area contributed by atoms with E-state index in [4.69, 9.17) is 4.74 Å². The van der Waals surface area contributed by atoms with Crippen LogP contribution < -0.4 is 15.0 Å². The number of rotatable bonds is 5. The van der Waals surface area contributed by atoms with Gasteiger partial charge in [0.15, 0.2) is 0 Å². The average molecular weight is 398 g/mol. The van der Waals surface area contributed by atoms with Crippen molar-refractivity contribution in [3.05, 3.63) is 90.0 Å². The fourth-order valence-corrected chi connectivity index (χ4v) is 4.28. The third-order valence-corrected chi connectivity index (χ3v) is 5.71. The van der Waals surface area contributed by atoms with Gasteiger partial charge in [0.2, 0.25) is 5.91 Å². The largest absolute Gasteiger partial charge is 0.457 e. The van der Waals surface area contributed by atoms with Crippen LogP contribution in [0.5, 0.6) is 11.5 Å². The molecule has 2 aliphatic rings. The predicted molar refractivity (Wildman–Crippen MR) is 115 cm³/mol. The number of ether oxygens (including phenoxy) is 1. The fourth-order valence-electron chi connectivity index (χ4n) is 4.28.